The van der Waals surface area contributed by atoms with Gasteiger partial charge in [-0.3, -0.25) is 9.69 Å². The van der Waals surface area contributed by atoms with Crippen LogP contribution in [0.3, 0.4) is 0 Å². The summed E-state index contributed by atoms with van der Waals surface area (Å²) in [6.07, 6.45) is 7.65. The number of amides is 2. The molecule has 2 aliphatic rings. The van der Waals surface area contributed by atoms with E-state index in [0.29, 0.717) is 11.3 Å². The molecule has 1 saturated heterocycles. The Bertz CT molecular complexity index is 826. The minimum Gasteiger partial charge on any atom is -0.442 e. The van der Waals surface area contributed by atoms with Crippen LogP contribution >= 0.6 is 0 Å². The minimum absolute atomic E-state index is 0.190. The molecule has 2 amide bonds. The van der Waals surface area contributed by atoms with Gasteiger partial charge in [-0.15, -0.1) is 0 Å². The number of nitrogens with zero attached hydrogens (tertiary/aromatic N) is 1. The lowest BCUT2D eigenvalue weighted by molar-refractivity contribution is -0.119. The molecule has 26 heavy (non-hydrogen) atoms. The molecule has 0 spiro atoms. The van der Waals surface area contributed by atoms with E-state index in [9.17, 15) is 14.0 Å². The summed E-state index contributed by atoms with van der Waals surface area (Å²) in [5.74, 6) is -0.583. The van der Waals surface area contributed by atoms with Crippen molar-refractivity contribution in [2.45, 2.75) is 26.4 Å². The summed E-state index contributed by atoms with van der Waals surface area (Å²) in [6.45, 7) is 3.91. The lowest BCUT2D eigenvalue weighted by Gasteiger charge is -2.15. The van der Waals surface area contributed by atoms with E-state index in [1.54, 1.807) is 12.1 Å². The van der Waals surface area contributed by atoms with E-state index in [4.69, 9.17) is 4.74 Å². The molecule has 6 heteroatoms. The first kappa shape index (κ1) is 17.9. The maximum Gasteiger partial charge on any atom is 0.414 e. The topological polar surface area (TPSA) is 58.6 Å². The fraction of sp³-hybridized carbons (Fsp3) is 0.300. The second kappa shape index (κ2) is 7.56. The lowest BCUT2D eigenvalue weighted by Crippen LogP contribution is -2.33. The molecule has 0 saturated carbocycles. The predicted molar refractivity (Wildman–Crippen MR) is 98.2 cm³/mol. The highest BCUT2D eigenvalue weighted by atomic mass is 19.1. The van der Waals surface area contributed by atoms with Crippen molar-refractivity contribution >= 4 is 23.3 Å². The van der Waals surface area contributed by atoms with E-state index in [1.807, 2.05) is 25.2 Å². The number of hydrogen-bond acceptors (Lipinski definition) is 3. The molecule has 0 radical (unpaired) electrons. The first-order valence-corrected chi connectivity index (χ1v) is 8.51. The van der Waals surface area contributed by atoms with Gasteiger partial charge in [0.05, 0.1) is 18.8 Å². The van der Waals surface area contributed by atoms with Gasteiger partial charge in [-0.25, -0.2) is 9.18 Å². The Morgan fingerprint density at radius 2 is 2.15 bits per heavy atom. The molecule has 1 aromatic rings. The van der Waals surface area contributed by atoms with E-state index in [1.165, 1.54) is 17.9 Å². The molecular weight excluding hydrogens is 335 g/mol. The molecule has 1 unspecified atom stereocenters. The Hall–Kier alpha value is -2.89. The van der Waals surface area contributed by atoms with Crippen LogP contribution in [0.2, 0.25) is 0 Å². The van der Waals surface area contributed by atoms with Crippen molar-refractivity contribution in [3.05, 3.63) is 59.5 Å². The van der Waals surface area contributed by atoms with Gasteiger partial charge in [-0.1, -0.05) is 29.9 Å². The van der Waals surface area contributed by atoms with Crippen LogP contribution in [0.1, 0.15) is 25.8 Å². The number of carbonyl (C=O) groups excluding carboxylic acids is 2. The van der Waals surface area contributed by atoms with Gasteiger partial charge >= 0.3 is 6.09 Å². The SMILES string of the molecule is CC(=O)NCC1CN(c2ccc(C3=CCC=C(C)C=C3)c(F)c2)C(=O)O1. The van der Waals surface area contributed by atoms with Gasteiger partial charge in [0.1, 0.15) is 11.9 Å². The van der Waals surface area contributed by atoms with Crippen molar-refractivity contribution in [3.8, 4) is 0 Å². The normalized spacial score (nSPS) is 19.6. The predicted octanol–water partition coefficient (Wildman–Crippen LogP) is 3.58. The highest BCUT2D eigenvalue weighted by molar-refractivity contribution is 5.90. The van der Waals surface area contributed by atoms with Gasteiger partial charge < -0.3 is 10.1 Å². The second-order valence-electron chi connectivity index (χ2n) is 6.39. The monoisotopic (exact) mass is 356 g/mol. The molecule has 5 nitrogen and oxygen atoms in total. The molecule has 1 aromatic carbocycles. The number of anilines is 1. The van der Waals surface area contributed by atoms with Crippen LogP contribution in [0.5, 0.6) is 0 Å². The number of rotatable bonds is 4. The molecule has 1 aliphatic heterocycles. The Morgan fingerprint density at radius 1 is 1.35 bits per heavy atom. The van der Waals surface area contributed by atoms with Crippen molar-refractivity contribution in [2.24, 2.45) is 0 Å². The average Bonchev–Trinajstić information content (AvgIpc) is 2.83. The standard InChI is InChI=1S/C20H21FN2O3/c1-13-4-3-5-15(7-6-13)18-9-8-16(10-19(18)21)23-12-17(26-20(23)25)11-22-14(2)24/h4-10,17H,3,11-12H2,1-2H3,(H,22,24). The van der Waals surface area contributed by atoms with Gasteiger partial charge in [0, 0.05) is 12.5 Å². The van der Waals surface area contributed by atoms with Gasteiger partial charge in [0.2, 0.25) is 5.91 Å². The van der Waals surface area contributed by atoms with Gasteiger partial charge in [0.25, 0.3) is 0 Å². The number of carbonyl (C=O) groups is 2. The van der Waals surface area contributed by atoms with Crippen LogP contribution in [-0.4, -0.2) is 31.2 Å². The Balaban J connectivity index is 1.76. The zero-order valence-electron chi connectivity index (χ0n) is 14.8. The number of halogens is 1. The van der Waals surface area contributed by atoms with Crippen molar-refractivity contribution < 1.29 is 18.7 Å². The third-order valence-electron chi connectivity index (χ3n) is 4.33. The molecule has 1 atom stereocenters. The fourth-order valence-corrected chi connectivity index (χ4v) is 2.93. The first-order chi connectivity index (χ1) is 12.4. The maximum absolute atomic E-state index is 14.7. The average molecular weight is 356 g/mol. The van der Waals surface area contributed by atoms with Gasteiger partial charge in [-0.2, -0.15) is 0 Å². The third-order valence-corrected chi connectivity index (χ3v) is 4.33. The summed E-state index contributed by atoms with van der Waals surface area (Å²) < 4.78 is 19.9. The summed E-state index contributed by atoms with van der Waals surface area (Å²) in [7, 11) is 0. The van der Waals surface area contributed by atoms with Crippen LogP contribution in [0.4, 0.5) is 14.9 Å². The van der Waals surface area contributed by atoms with Crippen molar-refractivity contribution in [2.75, 3.05) is 18.0 Å². The summed E-state index contributed by atoms with van der Waals surface area (Å²) in [5.41, 5.74) is 2.89. The van der Waals surface area contributed by atoms with E-state index in [-0.39, 0.29) is 19.0 Å². The molecule has 1 N–H and O–H groups in total. The zero-order chi connectivity index (χ0) is 18.7. The maximum atomic E-state index is 14.7. The summed E-state index contributed by atoms with van der Waals surface area (Å²) in [4.78, 5) is 24.4. The van der Waals surface area contributed by atoms with Crippen LogP contribution in [0, 0.1) is 5.82 Å². The highest BCUT2D eigenvalue weighted by Gasteiger charge is 2.32. The molecule has 1 aliphatic carbocycles. The van der Waals surface area contributed by atoms with Crippen LogP contribution in [-0.2, 0) is 9.53 Å². The largest absolute Gasteiger partial charge is 0.442 e. The summed E-state index contributed by atoms with van der Waals surface area (Å²) in [5, 5.41) is 2.62. The lowest BCUT2D eigenvalue weighted by atomic mass is 10.0. The number of hydrogen-bond donors (Lipinski definition) is 1. The van der Waals surface area contributed by atoms with Gasteiger partial charge in [0.15, 0.2) is 0 Å². The summed E-state index contributed by atoms with van der Waals surface area (Å²) in [6, 6.07) is 4.73. The first-order valence-electron chi connectivity index (χ1n) is 8.51. The molecule has 1 heterocycles. The smallest absolute Gasteiger partial charge is 0.414 e. The van der Waals surface area contributed by atoms with Crippen molar-refractivity contribution in [3.63, 3.8) is 0 Å². The number of benzene rings is 1. The van der Waals surface area contributed by atoms with E-state index in [0.717, 1.165) is 17.6 Å². The molecule has 3 rings (SSSR count). The highest BCUT2D eigenvalue weighted by Crippen LogP contribution is 2.28. The van der Waals surface area contributed by atoms with Crippen molar-refractivity contribution in [1.29, 1.82) is 0 Å². The zero-order valence-corrected chi connectivity index (χ0v) is 14.8. The minimum atomic E-state index is -0.541. The van der Waals surface area contributed by atoms with E-state index < -0.39 is 18.0 Å². The molecule has 0 bridgehead atoms. The number of allylic oxidation sites excluding steroid dienone is 6. The van der Waals surface area contributed by atoms with E-state index in [2.05, 4.69) is 11.4 Å². The number of cyclic esters (lactones) is 1. The Morgan fingerprint density at radius 3 is 2.88 bits per heavy atom. The van der Waals surface area contributed by atoms with E-state index >= 15 is 0 Å². The number of nitrogens with one attached hydrogen (secondary N) is 1. The fourth-order valence-electron chi connectivity index (χ4n) is 2.93. The molecule has 0 aromatic heterocycles. The van der Waals surface area contributed by atoms with Crippen LogP contribution in [0.15, 0.2) is 48.1 Å². The molecule has 1 fully saturated rings. The quantitative estimate of drug-likeness (QED) is 0.897. The molecular formula is C20H21FN2O3. The Labute approximate surface area is 151 Å². The second-order valence-corrected chi connectivity index (χ2v) is 6.39. The summed E-state index contributed by atoms with van der Waals surface area (Å²) >= 11 is 0. The molecule has 136 valence electrons. The van der Waals surface area contributed by atoms with Gasteiger partial charge in [-0.05, 0) is 37.1 Å². The Kier molecular flexibility index (Phi) is 5.21. The third kappa shape index (κ3) is 4.02. The van der Waals surface area contributed by atoms with Crippen LogP contribution < -0.4 is 10.2 Å². The van der Waals surface area contributed by atoms with Crippen molar-refractivity contribution in [1.82, 2.24) is 5.32 Å². The number of ether oxygens (including phenoxy) is 1. The van der Waals surface area contributed by atoms with Crippen LogP contribution in [0.25, 0.3) is 5.57 Å².